The third kappa shape index (κ3) is 7.46. The van der Waals surface area contributed by atoms with E-state index in [1.165, 1.54) is 16.2 Å². The number of nitrogens with zero attached hydrogens (tertiary/aromatic N) is 5. The fourth-order valence-electron chi connectivity index (χ4n) is 8.72. The number of hydrogen-bond acceptors (Lipinski definition) is 10. The molecule has 15 heteroatoms. The number of sulfonamides is 1. The van der Waals surface area contributed by atoms with Gasteiger partial charge >= 0.3 is 0 Å². The summed E-state index contributed by atoms with van der Waals surface area (Å²) in [5.74, 6) is 1.02. The summed E-state index contributed by atoms with van der Waals surface area (Å²) in [6, 6.07) is 13.2. The highest BCUT2D eigenvalue weighted by atomic mass is 79.9. The van der Waals surface area contributed by atoms with Crippen LogP contribution in [0.1, 0.15) is 92.1 Å². The fourth-order valence-corrected chi connectivity index (χ4v) is 11.2. The topological polar surface area (TPSA) is 154 Å². The van der Waals surface area contributed by atoms with Crippen LogP contribution in [0.25, 0.3) is 0 Å². The number of hydrogen-bond donors (Lipinski definition) is 2. The van der Waals surface area contributed by atoms with Gasteiger partial charge in [-0.25, -0.2) is 17.7 Å². The van der Waals surface area contributed by atoms with Gasteiger partial charge in [-0.05, 0) is 110 Å². The van der Waals surface area contributed by atoms with Crippen molar-refractivity contribution >= 4 is 61.1 Å². The van der Waals surface area contributed by atoms with Gasteiger partial charge in [0.1, 0.15) is 11.8 Å². The summed E-state index contributed by atoms with van der Waals surface area (Å²) in [7, 11) is -3.47. The maximum atomic E-state index is 13.9. The lowest BCUT2D eigenvalue weighted by molar-refractivity contribution is -0.136. The molecule has 2 N–H and O–H groups in total. The van der Waals surface area contributed by atoms with E-state index in [4.69, 9.17) is 9.72 Å². The summed E-state index contributed by atoms with van der Waals surface area (Å²) in [4.78, 5) is 50.7. The molecule has 3 amide bonds. The smallest absolute Gasteiger partial charge is 0.255 e. The number of nitrogens with one attached hydrogen (secondary N) is 2. The Kier molecular flexibility index (Phi) is 10.6. The van der Waals surface area contributed by atoms with Crippen LogP contribution in [0.5, 0.6) is 5.75 Å². The van der Waals surface area contributed by atoms with Crippen LogP contribution in [-0.2, 0) is 32.6 Å². The summed E-state index contributed by atoms with van der Waals surface area (Å²) in [6.07, 6.45) is 9.64. The molecule has 2 aromatic carbocycles. The third-order valence-electron chi connectivity index (χ3n) is 11.6. The molecule has 2 saturated heterocycles. The van der Waals surface area contributed by atoms with Gasteiger partial charge in [-0.2, -0.15) is 4.98 Å². The number of ether oxygens (including phenoxy) is 1. The SMILES string of the molecule is O=C1CCC(N2Cc3c(OC4CCCC(S(=O)(=O)N5CCC(Nc6ncc(Br)c(N7CCCc8ccccc87)n6)CC5)CCC4)cccc3C2=O)C(=O)N1. The molecule has 1 aliphatic carbocycles. The molecular formula is C39H46BrN7O6S. The van der Waals surface area contributed by atoms with Crippen molar-refractivity contribution < 1.29 is 27.5 Å². The molecule has 3 fully saturated rings. The normalized spacial score (nSPS) is 24.3. The van der Waals surface area contributed by atoms with Crippen LogP contribution in [0.15, 0.2) is 53.1 Å². The van der Waals surface area contributed by atoms with Crippen molar-refractivity contribution in [3.8, 4) is 5.75 Å². The molecule has 4 aliphatic heterocycles. The zero-order valence-electron chi connectivity index (χ0n) is 30.2. The Morgan fingerprint density at radius 3 is 2.43 bits per heavy atom. The van der Waals surface area contributed by atoms with Crippen molar-refractivity contribution in [1.29, 1.82) is 0 Å². The van der Waals surface area contributed by atoms with Crippen LogP contribution in [-0.4, -0.2) is 88.4 Å². The van der Waals surface area contributed by atoms with Crippen LogP contribution >= 0.6 is 15.9 Å². The largest absolute Gasteiger partial charge is 0.490 e. The number of imide groups is 1. The van der Waals surface area contributed by atoms with Crippen molar-refractivity contribution in [3.63, 3.8) is 0 Å². The first kappa shape index (κ1) is 36.9. The minimum atomic E-state index is -3.47. The molecular weight excluding hydrogens is 774 g/mol. The minimum Gasteiger partial charge on any atom is -0.490 e. The predicted molar refractivity (Wildman–Crippen MR) is 207 cm³/mol. The first-order valence-corrected chi connectivity index (χ1v) is 21.5. The molecule has 286 valence electrons. The number of carbonyl (C=O) groups excluding carboxylic acids is 3. The minimum absolute atomic E-state index is 0.0696. The van der Waals surface area contributed by atoms with E-state index < -0.39 is 27.2 Å². The second-order valence-electron chi connectivity index (χ2n) is 15.0. The number of halogens is 1. The molecule has 0 spiro atoms. The number of piperidine rings is 2. The summed E-state index contributed by atoms with van der Waals surface area (Å²) in [5.41, 5.74) is 3.76. The number of anilines is 3. The van der Waals surface area contributed by atoms with E-state index in [-0.39, 0.29) is 36.9 Å². The van der Waals surface area contributed by atoms with Crippen molar-refractivity contribution in [3.05, 3.63) is 69.8 Å². The number of carbonyl (C=O) groups is 3. The average Bonchev–Trinajstić information content (AvgIpc) is 3.49. The fraction of sp³-hybridized carbons (Fsp3) is 0.513. The summed E-state index contributed by atoms with van der Waals surface area (Å²) in [6.45, 7) is 2.04. The second kappa shape index (κ2) is 15.6. The molecule has 1 atom stereocenters. The zero-order chi connectivity index (χ0) is 37.4. The quantitative estimate of drug-likeness (QED) is 0.280. The molecule has 8 rings (SSSR count). The van der Waals surface area contributed by atoms with E-state index in [0.29, 0.717) is 88.1 Å². The Morgan fingerprint density at radius 1 is 0.870 bits per heavy atom. The van der Waals surface area contributed by atoms with Gasteiger partial charge in [0.05, 0.1) is 22.4 Å². The van der Waals surface area contributed by atoms with Gasteiger partial charge < -0.3 is 19.9 Å². The van der Waals surface area contributed by atoms with Crippen LogP contribution in [0.4, 0.5) is 17.5 Å². The molecule has 3 aromatic rings. The number of aryl methyl sites for hydroxylation is 1. The van der Waals surface area contributed by atoms with Crippen LogP contribution in [0.2, 0.25) is 0 Å². The maximum absolute atomic E-state index is 13.9. The zero-order valence-corrected chi connectivity index (χ0v) is 32.6. The molecule has 13 nitrogen and oxygen atoms in total. The molecule has 0 radical (unpaired) electrons. The van der Waals surface area contributed by atoms with E-state index >= 15 is 0 Å². The Hall–Kier alpha value is -4.08. The van der Waals surface area contributed by atoms with Gasteiger partial charge in [0.15, 0.2) is 5.82 Å². The number of para-hydroxylation sites is 1. The maximum Gasteiger partial charge on any atom is 0.255 e. The molecule has 54 heavy (non-hydrogen) atoms. The van der Waals surface area contributed by atoms with Gasteiger partial charge in [-0.1, -0.05) is 24.3 Å². The Balaban J connectivity index is 0.837. The van der Waals surface area contributed by atoms with E-state index in [0.717, 1.165) is 35.2 Å². The predicted octanol–water partition coefficient (Wildman–Crippen LogP) is 5.46. The van der Waals surface area contributed by atoms with Gasteiger partial charge in [-0.15, -0.1) is 0 Å². The molecule has 0 bridgehead atoms. The number of aromatic nitrogens is 2. The summed E-state index contributed by atoms with van der Waals surface area (Å²) in [5, 5.41) is 5.42. The Morgan fingerprint density at radius 2 is 1.65 bits per heavy atom. The van der Waals surface area contributed by atoms with E-state index in [1.54, 1.807) is 22.6 Å². The average molecular weight is 821 g/mol. The molecule has 5 aliphatic rings. The standard InChI is InChI=1S/C39H46BrN7O6S/c40-31-23-41-39(44-36(31)46-20-6-8-25-7-1-2-14-32(25)46)42-26-18-21-45(22-19-26)54(51,52)28-11-3-9-27(10-4-12-28)53-34-15-5-13-29-30(34)24-47(38(29)50)33-16-17-35(48)43-37(33)49/h1-2,5,7,13-15,23,26-28,33H,3-4,6,8-12,16-22,24H2,(H,41,42,44)(H,43,48,49). The number of fused-ring (bicyclic) bond motifs is 2. The summed E-state index contributed by atoms with van der Waals surface area (Å²) < 4.78 is 36.9. The van der Waals surface area contributed by atoms with Crippen LogP contribution < -0.4 is 20.3 Å². The van der Waals surface area contributed by atoms with Crippen LogP contribution in [0.3, 0.4) is 0 Å². The van der Waals surface area contributed by atoms with Crippen molar-refractivity contribution in [1.82, 2.24) is 24.5 Å². The highest BCUT2D eigenvalue weighted by Crippen LogP contribution is 2.38. The Labute approximate surface area is 324 Å². The van der Waals surface area contributed by atoms with Gasteiger partial charge in [0.25, 0.3) is 5.91 Å². The van der Waals surface area contributed by atoms with Gasteiger partial charge in [-0.3, -0.25) is 19.7 Å². The highest BCUT2D eigenvalue weighted by molar-refractivity contribution is 9.10. The first-order valence-electron chi connectivity index (χ1n) is 19.2. The van der Waals surface area contributed by atoms with Gasteiger partial charge in [0.2, 0.25) is 27.8 Å². The number of amides is 3. The number of benzene rings is 2. The Bertz CT molecular complexity index is 2030. The van der Waals surface area contributed by atoms with E-state index in [9.17, 15) is 22.8 Å². The molecule has 1 aromatic heterocycles. The van der Waals surface area contributed by atoms with Gasteiger partial charge in [0, 0.05) is 55.1 Å². The number of rotatable bonds is 8. The monoisotopic (exact) mass is 819 g/mol. The lowest BCUT2D eigenvalue weighted by Crippen LogP contribution is -2.52. The van der Waals surface area contributed by atoms with Crippen molar-refractivity contribution in [2.24, 2.45) is 0 Å². The lowest BCUT2D eigenvalue weighted by Gasteiger charge is -2.35. The van der Waals surface area contributed by atoms with E-state index in [1.807, 2.05) is 6.07 Å². The molecule has 5 heterocycles. The van der Waals surface area contributed by atoms with Crippen molar-refractivity contribution in [2.75, 3.05) is 29.9 Å². The molecule has 1 unspecified atom stereocenters. The highest BCUT2D eigenvalue weighted by Gasteiger charge is 2.41. The second-order valence-corrected chi connectivity index (χ2v) is 18.1. The summed E-state index contributed by atoms with van der Waals surface area (Å²) >= 11 is 3.66. The third-order valence-corrected chi connectivity index (χ3v) is 14.6. The first-order chi connectivity index (χ1) is 26.2. The van der Waals surface area contributed by atoms with Crippen LogP contribution in [0, 0.1) is 0 Å². The van der Waals surface area contributed by atoms with E-state index in [2.05, 4.69) is 60.7 Å². The van der Waals surface area contributed by atoms with Crippen molar-refractivity contribution in [2.45, 2.75) is 107 Å². The lowest BCUT2D eigenvalue weighted by atomic mass is 9.98. The molecule has 1 saturated carbocycles.